The van der Waals surface area contributed by atoms with Gasteiger partial charge in [0.1, 0.15) is 4.34 Å². The number of carbonyl (C=O) groups is 3. The van der Waals surface area contributed by atoms with Crippen LogP contribution in [0.1, 0.15) is 41.5 Å². The second kappa shape index (κ2) is 12.3. The highest BCUT2D eigenvalue weighted by Gasteiger charge is 2.37. The third kappa shape index (κ3) is 6.01. The first-order chi connectivity index (χ1) is 21.2. The van der Waals surface area contributed by atoms with Crippen molar-refractivity contribution < 1.29 is 23.2 Å². The van der Waals surface area contributed by atoms with Gasteiger partial charge in [-0.05, 0) is 47.9 Å². The Morgan fingerprint density at radius 1 is 0.841 bits per heavy atom. The molecule has 1 aliphatic rings. The number of hydrogen-bond acceptors (Lipinski definition) is 5. The van der Waals surface area contributed by atoms with Crippen molar-refractivity contribution in [3.05, 3.63) is 133 Å². The maximum absolute atomic E-state index is 14.0. The van der Waals surface area contributed by atoms with E-state index < -0.39 is 35.4 Å². The molecule has 1 N–H and O–H groups in total. The van der Waals surface area contributed by atoms with Crippen LogP contribution >= 0.6 is 34.5 Å². The predicted octanol–water partition coefficient (Wildman–Crippen LogP) is 6.88. The molecule has 0 unspecified atom stereocenters. The lowest BCUT2D eigenvalue weighted by Gasteiger charge is -2.24. The van der Waals surface area contributed by atoms with Crippen LogP contribution in [-0.4, -0.2) is 45.0 Å². The fraction of sp³-hybridized carbons (Fsp3) is 0.125. The Balaban J connectivity index is 1.24. The Kier molecular flexibility index (Phi) is 8.31. The molecule has 0 aliphatic carbocycles. The van der Waals surface area contributed by atoms with E-state index in [1.54, 1.807) is 41.2 Å². The normalized spacial score (nSPS) is 13.3. The van der Waals surface area contributed by atoms with Crippen molar-refractivity contribution in [1.29, 1.82) is 0 Å². The molecule has 7 nitrogen and oxygen atoms in total. The van der Waals surface area contributed by atoms with E-state index in [0.717, 1.165) is 33.9 Å². The van der Waals surface area contributed by atoms with E-state index in [0.29, 0.717) is 27.6 Å². The molecule has 5 aromatic rings. The largest absolute Gasteiger partial charge is 0.346 e. The number of halogens is 4. The van der Waals surface area contributed by atoms with Gasteiger partial charge in [-0.2, -0.15) is 5.10 Å². The zero-order valence-corrected chi connectivity index (χ0v) is 25.1. The summed E-state index contributed by atoms with van der Waals surface area (Å²) < 4.78 is 29.6. The third-order valence-corrected chi connectivity index (χ3v) is 8.82. The highest BCUT2D eigenvalue weighted by Crippen LogP contribution is 2.39. The second-order valence-electron chi connectivity index (χ2n) is 10.2. The van der Waals surface area contributed by atoms with Crippen molar-refractivity contribution in [3.8, 4) is 11.1 Å². The molecule has 0 bridgehead atoms. The quantitative estimate of drug-likeness (QED) is 0.176. The number of nitrogens with zero attached hydrogens (tertiary/aromatic N) is 3. The van der Waals surface area contributed by atoms with Gasteiger partial charge in [0, 0.05) is 23.9 Å². The van der Waals surface area contributed by atoms with E-state index in [2.05, 4.69) is 10.4 Å². The van der Waals surface area contributed by atoms with Crippen molar-refractivity contribution in [2.24, 2.45) is 0 Å². The minimum atomic E-state index is -1.05. The molecule has 1 aliphatic heterocycles. The van der Waals surface area contributed by atoms with Gasteiger partial charge in [0.25, 0.3) is 17.7 Å². The summed E-state index contributed by atoms with van der Waals surface area (Å²) >= 11 is 14.0. The standard InChI is InChI=1S/C32H22Cl2F2N4O3S/c33-28-24(17-39(38-28)15-18-6-2-1-3-7-18)23-14-27(44-29(23)34)30(41)37-20(12-19-10-11-25(35)26(36)13-19)16-40-31(42)21-8-4-5-9-22(21)32(40)43/h1-11,13-14,17,20H,12,15-16H2,(H,37,41)/t20-/m0/s1. The van der Waals surface area contributed by atoms with Crippen molar-refractivity contribution in [3.63, 3.8) is 0 Å². The van der Waals surface area contributed by atoms with E-state index in [4.69, 9.17) is 23.2 Å². The lowest BCUT2D eigenvalue weighted by molar-refractivity contribution is 0.0629. The highest BCUT2D eigenvalue weighted by molar-refractivity contribution is 7.18. The minimum absolute atomic E-state index is 0.0143. The second-order valence-corrected chi connectivity index (χ2v) is 12.2. The number of hydrogen-bond donors (Lipinski definition) is 1. The molecule has 0 saturated carbocycles. The maximum Gasteiger partial charge on any atom is 0.261 e. The summed E-state index contributed by atoms with van der Waals surface area (Å²) in [5, 5.41) is 7.44. The van der Waals surface area contributed by atoms with E-state index in [1.807, 2.05) is 30.3 Å². The fourth-order valence-electron chi connectivity index (χ4n) is 5.09. The topological polar surface area (TPSA) is 84.3 Å². The zero-order chi connectivity index (χ0) is 31.0. The van der Waals surface area contributed by atoms with Crippen molar-refractivity contribution in [2.75, 3.05) is 6.54 Å². The maximum atomic E-state index is 14.0. The first kappa shape index (κ1) is 29.7. The third-order valence-electron chi connectivity index (χ3n) is 7.19. The Hall–Kier alpha value is -4.38. The van der Waals surface area contributed by atoms with Gasteiger partial charge in [-0.1, -0.05) is 71.7 Å². The van der Waals surface area contributed by atoms with Gasteiger partial charge in [0.15, 0.2) is 16.8 Å². The summed E-state index contributed by atoms with van der Waals surface area (Å²) in [5.74, 6) is -3.59. The van der Waals surface area contributed by atoms with E-state index in [-0.39, 0.29) is 34.1 Å². The average molecular weight is 652 g/mol. The fourth-order valence-corrected chi connectivity index (χ4v) is 6.54. The number of nitrogens with one attached hydrogen (secondary N) is 1. The number of amides is 3. The van der Waals surface area contributed by atoms with E-state index in [9.17, 15) is 23.2 Å². The van der Waals surface area contributed by atoms with Crippen molar-refractivity contribution >= 4 is 52.3 Å². The number of rotatable bonds is 9. The molecule has 222 valence electrons. The van der Waals surface area contributed by atoms with Crippen molar-refractivity contribution in [2.45, 2.75) is 19.0 Å². The lowest BCUT2D eigenvalue weighted by Crippen LogP contribution is -2.46. The van der Waals surface area contributed by atoms with Crippen LogP contribution in [-0.2, 0) is 13.0 Å². The molecule has 3 heterocycles. The molecule has 1 atom stereocenters. The molecule has 0 spiro atoms. The Morgan fingerprint density at radius 3 is 2.20 bits per heavy atom. The lowest BCUT2D eigenvalue weighted by atomic mass is 10.0. The minimum Gasteiger partial charge on any atom is -0.346 e. The van der Waals surface area contributed by atoms with Crippen LogP contribution in [0.5, 0.6) is 0 Å². The molecular formula is C32H22Cl2F2N4O3S. The first-order valence-corrected chi connectivity index (χ1v) is 15.0. The summed E-state index contributed by atoms with van der Waals surface area (Å²) in [5.41, 5.74) is 2.98. The average Bonchev–Trinajstić information content (AvgIpc) is 3.65. The summed E-state index contributed by atoms with van der Waals surface area (Å²) in [7, 11) is 0. The molecule has 3 amide bonds. The van der Waals surface area contributed by atoms with Crippen LogP contribution < -0.4 is 5.32 Å². The Bertz CT molecular complexity index is 1880. The molecule has 44 heavy (non-hydrogen) atoms. The van der Waals surface area contributed by atoms with Gasteiger partial charge in [-0.3, -0.25) is 24.0 Å². The summed E-state index contributed by atoms with van der Waals surface area (Å²) in [6.45, 7) is 0.292. The summed E-state index contributed by atoms with van der Waals surface area (Å²) in [4.78, 5) is 40.9. The van der Waals surface area contributed by atoms with E-state index >= 15 is 0 Å². The van der Waals surface area contributed by atoms with Gasteiger partial charge in [0.05, 0.1) is 28.6 Å². The van der Waals surface area contributed by atoms with Crippen LogP contribution in [0.2, 0.25) is 9.49 Å². The molecule has 0 fully saturated rings. The number of aromatic nitrogens is 2. The first-order valence-electron chi connectivity index (χ1n) is 13.4. The van der Waals surface area contributed by atoms with Crippen LogP contribution in [0.3, 0.4) is 0 Å². The van der Waals surface area contributed by atoms with Gasteiger partial charge in [-0.15, -0.1) is 11.3 Å². The van der Waals surface area contributed by atoms with Crippen LogP contribution in [0, 0.1) is 11.6 Å². The van der Waals surface area contributed by atoms with Crippen molar-refractivity contribution in [1.82, 2.24) is 20.0 Å². The summed E-state index contributed by atoms with van der Waals surface area (Å²) in [6.07, 6.45) is 1.76. The molecule has 3 aromatic carbocycles. The van der Waals surface area contributed by atoms with E-state index in [1.165, 1.54) is 6.07 Å². The Labute approximate surface area is 264 Å². The molecule has 2 aromatic heterocycles. The number of carbonyl (C=O) groups excluding carboxylic acids is 3. The molecule has 6 rings (SSSR count). The van der Waals surface area contributed by atoms with Crippen LogP contribution in [0.4, 0.5) is 8.78 Å². The zero-order valence-electron chi connectivity index (χ0n) is 22.8. The molecule has 0 radical (unpaired) electrons. The number of benzene rings is 3. The molecule has 12 heteroatoms. The Morgan fingerprint density at radius 2 is 1.52 bits per heavy atom. The number of thiophene rings is 1. The smallest absolute Gasteiger partial charge is 0.261 e. The molecule has 0 saturated heterocycles. The highest BCUT2D eigenvalue weighted by atomic mass is 35.5. The van der Waals surface area contributed by atoms with Crippen LogP contribution in [0.25, 0.3) is 11.1 Å². The van der Waals surface area contributed by atoms with Gasteiger partial charge in [0.2, 0.25) is 0 Å². The monoisotopic (exact) mass is 650 g/mol. The predicted molar refractivity (Wildman–Crippen MR) is 164 cm³/mol. The number of fused-ring (bicyclic) bond motifs is 1. The van der Waals surface area contributed by atoms with Gasteiger partial charge >= 0.3 is 0 Å². The SMILES string of the molecule is O=C(N[C@@H](Cc1ccc(F)c(F)c1)CN1C(=O)c2ccccc2C1=O)c1cc(-c2cn(Cc3ccccc3)nc2Cl)c(Cl)s1. The van der Waals surface area contributed by atoms with Crippen LogP contribution in [0.15, 0.2) is 85.1 Å². The van der Waals surface area contributed by atoms with Gasteiger partial charge < -0.3 is 5.32 Å². The summed E-state index contributed by atoms with van der Waals surface area (Å²) in [6, 6.07) is 20.3. The molecular weight excluding hydrogens is 629 g/mol. The number of imide groups is 1. The van der Waals surface area contributed by atoms with Gasteiger partial charge in [-0.25, -0.2) is 8.78 Å².